The Morgan fingerprint density at radius 1 is 1.09 bits per heavy atom. The van der Waals surface area contributed by atoms with Crippen LogP contribution in [0.5, 0.6) is 0 Å². The maximum absolute atomic E-state index is 13.6. The lowest BCUT2D eigenvalue weighted by atomic mass is 9.81. The second kappa shape index (κ2) is 11.9. The standard InChI is InChI=1S/C26H36N4O3S/c1-3-28-13-15-29(16-14-28)12-7-11-27-25(31)23-20-8-4-5-9-21(20)26(32)30(17-18-33-2)24(23)22-10-6-19-34-22/h4-6,8-10,19,23-24H,3,7,11-18H2,1-2H3,(H,27,31)/t23-,24+/m1/s1. The molecule has 1 saturated heterocycles. The Bertz CT molecular complexity index is 943. The fourth-order valence-corrected chi connectivity index (χ4v) is 5.91. The number of carbonyl (C=O) groups is 2. The normalized spacial score (nSPS) is 21.5. The number of rotatable bonds is 10. The lowest BCUT2D eigenvalue weighted by Crippen LogP contribution is -2.48. The van der Waals surface area contributed by atoms with Gasteiger partial charge >= 0.3 is 0 Å². The van der Waals surface area contributed by atoms with Gasteiger partial charge in [-0.3, -0.25) is 9.59 Å². The first-order valence-electron chi connectivity index (χ1n) is 12.3. The zero-order valence-corrected chi connectivity index (χ0v) is 21.1. The molecule has 1 aromatic carbocycles. The van der Waals surface area contributed by atoms with E-state index < -0.39 is 5.92 Å². The highest BCUT2D eigenvalue weighted by Gasteiger charge is 2.44. The molecule has 1 fully saturated rings. The van der Waals surface area contributed by atoms with Crippen LogP contribution < -0.4 is 5.32 Å². The number of nitrogens with one attached hydrogen (secondary N) is 1. The lowest BCUT2D eigenvalue weighted by Gasteiger charge is -2.41. The predicted molar refractivity (Wildman–Crippen MR) is 135 cm³/mol. The van der Waals surface area contributed by atoms with E-state index >= 15 is 0 Å². The van der Waals surface area contributed by atoms with E-state index in [0.29, 0.717) is 25.3 Å². The van der Waals surface area contributed by atoms with Gasteiger partial charge in [-0.2, -0.15) is 0 Å². The van der Waals surface area contributed by atoms with Crippen molar-refractivity contribution in [2.24, 2.45) is 0 Å². The van der Waals surface area contributed by atoms with Crippen LogP contribution in [0.3, 0.4) is 0 Å². The van der Waals surface area contributed by atoms with Crippen molar-refractivity contribution in [3.05, 3.63) is 57.8 Å². The molecule has 3 heterocycles. The smallest absolute Gasteiger partial charge is 0.254 e. The number of thiophene rings is 1. The molecular weight excluding hydrogens is 448 g/mol. The molecule has 0 aliphatic carbocycles. The lowest BCUT2D eigenvalue weighted by molar-refractivity contribution is -0.124. The Labute approximate surface area is 206 Å². The zero-order valence-electron chi connectivity index (χ0n) is 20.2. The van der Waals surface area contributed by atoms with E-state index in [9.17, 15) is 9.59 Å². The number of ether oxygens (including phenoxy) is 1. The van der Waals surface area contributed by atoms with Gasteiger partial charge in [0.05, 0.1) is 18.6 Å². The van der Waals surface area contributed by atoms with Gasteiger partial charge in [0.15, 0.2) is 0 Å². The fourth-order valence-electron chi connectivity index (χ4n) is 5.04. The third kappa shape index (κ3) is 5.51. The maximum atomic E-state index is 13.6. The van der Waals surface area contributed by atoms with Crippen LogP contribution in [0.25, 0.3) is 0 Å². The minimum Gasteiger partial charge on any atom is -0.383 e. The van der Waals surface area contributed by atoms with Crippen molar-refractivity contribution < 1.29 is 14.3 Å². The molecular formula is C26H36N4O3S. The molecule has 1 aromatic heterocycles. The number of carbonyl (C=O) groups excluding carboxylic acids is 2. The Balaban J connectivity index is 1.47. The van der Waals surface area contributed by atoms with Crippen molar-refractivity contribution in [2.75, 3.05) is 66.1 Å². The summed E-state index contributed by atoms with van der Waals surface area (Å²) in [6.45, 7) is 10.2. The van der Waals surface area contributed by atoms with Crippen LogP contribution >= 0.6 is 11.3 Å². The Hall–Kier alpha value is -2.26. The van der Waals surface area contributed by atoms with E-state index in [-0.39, 0.29) is 17.9 Å². The molecule has 0 radical (unpaired) electrons. The molecule has 2 aromatic rings. The Morgan fingerprint density at radius 3 is 2.56 bits per heavy atom. The monoisotopic (exact) mass is 484 g/mol. The molecule has 0 spiro atoms. The molecule has 2 aliphatic heterocycles. The van der Waals surface area contributed by atoms with Crippen molar-refractivity contribution in [3.63, 3.8) is 0 Å². The number of piperazine rings is 1. The molecule has 34 heavy (non-hydrogen) atoms. The number of nitrogens with zero attached hydrogens (tertiary/aromatic N) is 3. The SMILES string of the molecule is CCN1CCN(CCCNC(=O)[C@@H]2c3ccccc3C(=O)N(CCOC)[C@H]2c2cccs2)CC1. The van der Waals surface area contributed by atoms with Crippen LogP contribution in [0.2, 0.25) is 0 Å². The molecule has 2 atom stereocenters. The summed E-state index contributed by atoms with van der Waals surface area (Å²) in [7, 11) is 1.63. The summed E-state index contributed by atoms with van der Waals surface area (Å²) in [5, 5.41) is 5.20. The zero-order chi connectivity index (χ0) is 23.9. The number of methoxy groups -OCH3 is 1. The first-order chi connectivity index (χ1) is 16.6. The quantitative estimate of drug-likeness (QED) is 0.526. The number of fused-ring (bicyclic) bond motifs is 1. The highest BCUT2D eigenvalue weighted by atomic mass is 32.1. The molecule has 8 heteroatoms. The number of benzene rings is 1. The average molecular weight is 485 g/mol. The summed E-state index contributed by atoms with van der Waals surface area (Å²) in [6.07, 6.45) is 0.919. The van der Waals surface area contributed by atoms with Crippen molar-refractivity contribution in [3.8, 4) is 0 Å². The van der Waals surface area contributed by atoms with E-state index in [4.69, 9.17) is 4.74 Å². The molecule has 184 valence electrons. The second-order valence-electron chi connectivity index (χ2n) is 8.94. The molecule has 1 N–H and O–H groups in total. The van der Waals surface area contributed by atoms with Gasteiger partial charge in [-0.15, -0.1) is 11.3 Å². The molecule has 2 amide bonds. The van der Waals surface area contributed by atoms with Gasteiger partial charge in [0.2, 0.25) is 5.91 Å². The first kappa shape index (κ1) is 24.9. The van der Waals surface area contributed by atoms with Crippen LogP contribution in [-0.4, -0.2) is 92.6 Å². The van der Waals surface area contributed by atoms with Crippen molar-refractivity contribution in [2.45, 2.75) is 25.3 Å². The highest BCUT2D eigenvalue weighted by Crippen LogP contribution is 2.44. The number of hydrogen-bond acceptors (Lipinski definition) is 6. The molecule has 0 unspecified atom stereocenters. The number of amides is 2. The molecule has 0 bridgehead atoms. The molecule has 7 nitrogen and oxygen atoms in total. The second-order valence-corrected chi connectivity index (χ2v) is 9.92. The van der Waals surface area contributed by atoms with Crippen LogP contribution in [0, 0.1) is 0 Å². The average Bonchev–Trinajstić information content (AvgIpc) is 3.41. The van der Waals surface area contributed by atoms with Gasteiger partial charge in [-0.05, 0) is 42.6 Å². The van der Waals surface area contributed by atoms with Crippen molar-refractivity contribution in [1.82, 2.24) is 20.0 Å². The molecule has 4 rings (SSSR count). The predicted octanol–water partition coefficient (Wildman–Crippen LogP) is 2.82. The van der Waals surface area contributed by atoms with E-state index in [1.54, 1.807) is 18.4 Å². The Kier molecular flexibility index (Phi) is 8.72. The maximum Gasteiger partial charge on any atom is 0.254 e. The topological polar surface area (TPSA) is 65.1 Å². The summed E-state index contributed by atoms with van der Waals surface area (Å²) in [5.41, 5.74) is 1.42. The van der Waals surface area contributed by atoms with Crippen LogP contribution in [0.1, 0.15) is 46.1 Å². The number of hydrogen-bond donors (Lipinski definition) is 1. The molecule has 0 saturated carbocycles. The minimum atomic E-state index is -0.447. The Morgan fingerprint density at radius 2 is 1.85 bits per heavy atom. The highest BCUT2D eigenvalue weighted by molar-refractivity contribution is 7.10. The van der Waals surface area contributed by atoms with Gasteiger partial charge in [-0.1, -0.05) is 31.2 Å². The van der Waals surface area contributed by atoms with Gasteiger partial charge in [0.1, 0.15) is 0 Å². The molecule has 2 aliphatic rings. The summed E-state index contributed by atoms with van der Waals surface area (Å²) in [6, 6.07) is 11.2. The van der Waals surface area contributed by atoms with E-state index in [1.807, 2.05) is 46.7 Å². The van der Waals surface area contributed by atoms with Gasteiger partial charge in [0.25, 0.3) is 5.91 Å². The number of likely N-dealkylation sites (N-methyl/N-ethyl adjacent to an activating group) is 1. The van der Waals surface area contributed by atoms with Gasteiger partial charge < -0.3 is 24.8 Å². The van der Waals surface area contributed by atoms with Crippen LogP contribution in [0.4, 0.5) is 0 Å². The summed E-state index contributed by atoms with van der Waals surface area (Å²) in [4.78, 5) is 34.8. The third-order valence-corrected chi connectivity index (χ3v) is 7.90. The summed E-state index contributed by atoms with van der Waals surface area (Å²) >= 11 is 1.59. The van der Waals surface area contributed by atoms with Crippen LogP contribution in [-0.2, 0) is 9.53 Å². The van der Waals surface area contributed by atoms with E-state index in [1.165, 1.54) is 0 Å². The van der Waals surface area contributed by atoms with Crippen molar-refractivity contribution >= 4 is 23.2 Å². The summed E-state index contributed by atoms with van der Waals surface area (Å²) in [5.74, 6) is -0.504. The first-order valence-corrected chi connectivity index (χ1v) is 13.2. The van der Waals surface area contributed by atoms with E-state index in [0.717, 1.165) is 56.1 Å². The van der Waals surface area contributed by atoms with Crippen molar-refractivity contribution in [1.29, 1.82) is 0 Å². The largest absolute Gasteiger partial charge is 0.383 e. The van der Waals surface area contributed by atoms with E-state index in [2.05, 4.69) is 22.0 Å². The third-order valence-electron chi connectivity index (χ3n) is 6.95. The van der Waals surface area contributed by atoms with Gasteiger partial charge in [0, 0.05) is 56.8 Å². The minimum absolute atomic E-state index is 0.0171. The van der Waals surface area contributed by atoms with Gasteiger partial charge in [-0.25, -0.2) is 0 Å². The van der Waals surface area contributed by atoms with Crippen LogP contribution in [0.15, 0.2) is 41.8 Å². The summed E-state index contributed by atoms with van der Waals surface area (Å²) < 4.78 is 5.29. The fraction of sp³-hybridized carbons (Fsp3) is 0.538.